The summed E-state index contributed by atoms with van der Waals surface area (Å²) in [6, 6.07) is 8.03. The third kappa shape index (κ3) is 2.88. The summed E-state index contributed by atoms with van der Waals surface area (Å²) in [6.45, 7) is 8.15. The van der Waals surface area contributed by atoms with Crippen LogP contribution in [0.25, 0.3) is 0 Å². The van der Waals surface area contributed by atoms with Gasteiger partial charge < -0.3 is 0 Å². The van der Waals surface area contributed by atoms with Crippen molar-refractivity contribution in [3.05, 3.63) is 68.5 Å². The molecule has 2 heteroatoms. The van der Waals surface area contributed by atoms with Gasteiger partial charge in [0.2, 0.25) is 0 Å². The fourth-order valence-electron chi connectivity index (χ4n) is 2.43. The summed E-state index contributed by atoms with van der Waals surface area (Å²) >= 11 is 6.09. The first-order valence-electron chi connectivity index (χ1n) is 6.91. The largest absolute Gasteiger partial charge is 0.205 e. The van der Waals surface area contributed by atoms with Crippen molar-refractivity contribution in [3.63, 3.8) is 0 Å². The van der Waals surface area contributed by atoms with Crippen LogP contribution >= 0.6 is 11.6 Å². The van der Waals surface area contributed by atoms with Gasteiger partial charge in [-0.1, -0.05) is 35.9 Å². The van der Waals surface area contributed by atoms with Crippen molar-refractivity contribution in [2.75, 3.05) is 0 Å². The van der Waals surface area contributed by atoms with Crippen LogP contribution < -0.4 is 0 Å². The molecule has 0 atom stereocenters. The second kappa shape index (κ2) is 5.97. The van der Waals surface area contributed by atoms with Crippen molar-refractivity contribution >= 4 is 11.6 Å². The van der Waals surface area contributed by atoms with E-state index in [0.29, 0.717) is 5.56 Å². The molecule has 0 saturated carbocycles. The Bertz CT molecular complexity index is 587. The first-order valence-corrected chi connectivity index (χ1v) is 7.28. The molecule has 0 amide bonds. The predicted octanol–water partition coefficient (Wildman–Crippen LogP) is 5.50. The number of halogens is 2. The molecule has 0 unspecified atom stereocenters. The fraction of sp³-hybridized carbons (Fsp3) is 0.333. The average Bonchev–Trinajstić information content (AvgIpc) is 2.43. The van der Waals surface area contributed by atoms with Gasteiger partial charge in [-0.2, -0.15) is 0 Å². The van der Waals surface area contributed by atoms with E-state index in [0.717, 1.165) is 18.4 Å². The summed E-state index contributed by atoms with van der Waals surface area (Å²) < 4.78 is 13.8. The van der Waals surface area contributed by atoms with Crippen molar-refractivity contribution in [2.45, 2.75) is 40.5 Å². The normalized spacial score (nSPS) is 10.9. The van der Waals surface area contributed by atoms with Crippen LogP contribution in [0.4, 0.5) is 4.39 Å². The lowest BCUT2D eigenvalue weighted by Crippen LogP contribution is -1.99. The second-order valence-electron chi connectivity index (χ2n) is 5.46. The van der Waals surface area contributed by atoms with Gasteiger partial charge in [0.25, 0.3) is 0 Å². The summed E-state index contributed by atoms with van der Waals surface area (Å²) in [4.78, 5) is 0. The quantitative estimate of drug-likeness (QED) is 0.700. The van der Waals surface area contributed by atoms with E-state index in [4.69, 9.17) is 11.6 Å². The minimum absolute atomic E-state index is 0.270. The monoisotopic (exact) mass is 290 g/mol. The zero-order chi connectivity index (χ0) is 14.9. The Morgan fingerprint density at radius 2 is 1.35 bits per heavy atom. The van der Waals surface area contributed by atoms with E-state index >= 15 is 0 Å². The van der Waals surface area contributed by atoms with Gasteiger partial charge in [0, 0.05) is 0 Å². The van der Waals surface area contributed by atoms with Gasteiger partial charge in [0.15, 0.2) is 0 Å². The molecule has 0 N–H and O–H groups in total. The summed E-state index contributed by atoms with van der Waals surface area (Å²) in [5.74, 6) is -0.291. The molecule has 0 aromatic heterocycles. The molecule has 2 aromatic carbocycles. The van der Waals surface area contributed by atoms with Crippen molar-refractivity contribution in [1.29, 1.82) is 0 Å². The third-order valence-corrected chi connectivity index (χ3v) is 4.60. The lowest BCUT2D eigenvalue weighted by Gasteiger charge is -2.12. The maximum atomic E-state index is 13.8. The highest BCUT2D eigenvalue weighted by Gasteiger charge is 2.10. The molecule has 0 heterocycles. The highest BCUT2D eigenvalue weighted by molar-refractivity contribution is 6.31. The van der Waals surface area contributed by atoms with Crippen LogP contribution in [0.1, 0.15) is 33.4 Å². The second-order valence-corrected chi connectivity index (χ2v) is 5.84. The summed E-state index contributed by atoms with van der Waals surface area (Å²) in [5, 5.41) is 0.270. The summed E-state index contributed by atoms with van der Waals surface area (Å²) in [5.41, 5.74) is 6.77. The zero-order valence-corrected chi connectivity index (χ0v) is 13.2. The lowest BCUT2D eigenvalue weighted by molar-refractivity contribution is 0.616. The van der Waals surface area contributed by atoms with Crippen molar-refractivity contribution in [1.82, 2.24) is 0 Å². The Labute approximate surface area is 125 Å². The maximum absolute atomic E-state index is 13.8. The van der Waals surface area contributed by atoms with Crippen molar-refractivity contribution < 1.29 is 4.39 Å². The van der Waals surface area contributed by atoms with E-state index in [1.54, 1.807) is 13.0 Å². The molecule has 106 valence electrons. The van der Waals surface area contributed by atoms with Gasteiger partial charge in [-0.3, -0.25) is 0 Å². The van der Waals surface area contributed by atoms with Crippen LogP contribution in [0.2, 0.25) is 5.02 Å². The van der Waals surface area contributed by atoms with E-state index < -0.39 is 0 Å². The van der Waals surface area contributed by atoms with E-state index in [2.05, 4.69) is 32.9 Å². The fourth-order valence-corrected chi connectivity index (χ4v) is 2.74. The Hall–Kier alpha value is -1.34. The molecular formula is C18H20ClF. The molecule has 0 aliphatic rings. The predicted molar refractivity (Wildman–Crippen MR) is 84.2 cm³/mol. The van der Waals surface area contributed by atoms with Gasteiger partial charge >= 0.3 is 0 Å². The van der Waals surface area contributed by atoms with E-state index in [1.807, 2.05) is 6.07 Å². The molecule has 0 radical (unpaired) electrons. The van der Waals surface area contributed by atoms with Gasteiger partial charge in [-0.15, -0.1) is 0 Å². The smallest absolute Gasteiger partial charge is 0.144 e. The SMILES string of the molecule is Cc1ccc(CCc2ccc(C)c(F)c2Cl)c(C)c1C. The standard InChI is InChI=1S/C18H20ClF/c1-11-5-7-15(14(4)13(11)3)9-10-16-8-6-12(2)18(20)17(16)19/h5-8H,9-10H2,1-4H3. The van der Waals surface area contributed by atoms with Gasteiger partial charge in [-0.05, 0) is 73.9 Å². The van der Waals surface area contributed by atoms with Crippen LogP contribution in [0.5, 0.6) is 0 Å². The Morgan fingerprint density at radius 3 is 2.05 bits per heavy atom. The maximum Gasteiger partial charge on any atom is 0.144 e. The minimum atomic E-state index is -0.291. The molecule has 0 aliphatic carbocycles. The number of benzene rings is 2. The molecular weight excluding hydrogens is 271 g/mol. The zero-order valence-electron chi connectivity index (χ0n) is 12.5. The Kier molecular flexibility index (Phi) is 4.49. The number of hydrogen-bond acceptors (Lipinski definition) is 0. The first kappa shape index (κ1) is 15.1. The molecule has 0 nitrogen and oxygen atoms in total. The highest BCUT2D eigenvalue weighted by Crippen LogP contribution is 2.25. The van der Waals surface area contributed by atoms with Crippen LogP contribution in [-0.2, 0) is 12.8 Å². The minimum Gasteiger partial charge on any atom is -0.205 e. The third-order valence-electron chi connectivity index (χ3n) is 4.19. The molecule has 0 spiro atoms. The van der Waals surface area contributed by atoms with E-state index in [9.17, 15) is 4.39 Å². The number of aryl methyl sites for hydroxylation is 4. The van der Waals surface area contributed by atoms with Crippen LogP contribution in [0.15, 0.2) is 24.3 Å². The Balaban J connectivity index is 2.22. The molecule has 0 aliphatic heterocycles. The Morgan fingerprint density at radius 1 is 0.800 bits per heavy atom. The van der Waals surface area contributed by atoms with Crippen LogP contribution in [0.3, 0.4) is 0 Å². The molecule has 0 fully saturated rings. The topological polar surface area (TPSA) is 0 Å². The molecule has 0 bridgehead atoms. The van der Waals surface area contributed by atoms with E-state index in [-0.39, 0.29) is 10.8 Å². The lowest BCUT2D eigenvalue weighted by atomic mass is 9.94. The first-order chi connectivity index (χ1) is 9.41. The van der Waals surface area contributed by atoms with Crippen molar-refractivity contribution in [3.8, 4) is 0 Å². The molecule has 0 saturated heterocycles. The summed E-state index contributed by atoms with van der Waals surface area (Å²) in [6.07, 6.45) is 1.65. The molecule has 20 heavy (non-hydrogen) atoms. The molecule has 2 aromatic rings. The average molecular weight is 291 g/mol. The molecule has 2 rings (SSSR count). The van der Waals surface area contributed by atoms with Gasteiger partial charge in [0.1, 0.15) is 5.82 Å². The van der Waals surface area contributed by atoms with E-state index in [1.165, 1.54) is 22.3 Å². The highest BCUT2D eigenvalue weighted by atomic mass is 35.5. The van der Waals surface area contributed by atoms with Crippen LogP contribution in [0, 0.1) is 33.5 Å². The van der Waals surface area contributed by atoms with Crippen LogP contribution in [-0.4, -0.2) is 0 Å². The van der Waals surface area contributed by atoms with Gasteiger partial charge in [0.05, 0.1) is 5.02 Å². The number of hydrogen-bond donors (Lipinski definition) is 0. The van der Waals surface area contributed by atoms with Crippen molar-refractivity contribution in [2.24, 2.45) is 0 Å². The number of rotatable bonds is 3. The summed E-state index contributed by atoms with van der Waals surface area (Å²) in [7, 11) is 0. The van der Waals surface area contributed by atoms with Gasteiger partial charge in [-0.25, -0.2) is 4.39 Å².